The fourth-order valence-corrected chi connectivity index (χ4v) is 0.993. The van der Waals surface area contributed by atoms with E-state index >= 15 is 0 Å². The van der Waals surface area contributed by atoms with Crippen LogP contribution in [-0.4, -0.2) is 27.8 Å². The first-order chi connectivity index (χ1) is 6.89. The summed E-state index contributed by atoms with van der Waals surface area (Å²) in [6.07, 6.45) is 0. The van der Waals surface area contributed by atoms with Crippen molar-refractivity contribution >= 4 is 11.8 Å². The number of hydrogen-bond donors (Lipinski definition) is 2. The van der Waals surface area contributed by atoms with E-state index in [1.807, 2.05) is 26.8 Å². The van der Waals surface area contributed by atoms with Crippen molar-refractivity contribution in [3.8, 4) is 0 Å². The number of nitrogens with one attached hydrogen (secondary N) is 1. The minimum absolute atomic E-state index is 0.0433. The zero-order chi connectivity index (χ0) is 11.5. The Labute approximate surface area is 88.5 Å². The summed E-state index contributed by atoms with van der Waals surface area (Å²) in [6, 6.07) is 3.58. The minimum Gasteiger partial charge on any atom is -0.480 e. The molecule has 0 aliphatic heterocycles. The van der Waals surface area contributed by atoms with Crippen molar-refractivity contribution in [1.29, 1.82) is 0 Å². The molecule has 0 aliphatic carbocycles. The van der Waals surface area contributed by atoms with Crippen LogP contribution in [-0.2, 0) is 10.2 Å². The molecule has 0 saturated carbocycles. The lowest BCUT2D eigenvalue weighted by Gasteiger charge is -2.16. The molecule has 0 bridgehead atoms. The maximum Gasteiger partial charge on any atom is 0.322 e. The number of carbonyl (C=O) groups is 1. The Morgan fingerprint density at radius 2 is 2.07 bits per heavy atom. The Bertz CT molecular complexity index is 341. The zero-order valence-electron chi connectivity index (χ0n) is 9.11. The first-order valence-electron chi connectivity index (χ1n) is 4.69. The van der Waals surface area contributed by atoms with Gasteiger partial charge in [0.1, 0.15) is 12.4 Å². The third-order valence-corrected chi connectivity index (χ3v) is 1.85. The van der Waals surface area contributed by atoms with Crippen molar-refractivity contribution in [2.75, 3.05) is 11.9 Å². The second-order valence-corrected chi connectivity index (χ2v) is 4.30. The molecule has 0 aliphatic rings. The molecule has 1 heterocycles. The Hall–Kier alpha value is -1.65. The van der Waals surface area contributed by atoms with Gasteiger partial charge in [0.15, 0.2) is 0 Å². The SMILES string of the molecule is CC(C)(C)c1ccc(NCC(=O)O)nn1. The van der Waals surface area contributed by atoms with Gasteiger partial charge in [-0.25, -0.2) is 0 Å². The summed E-state index contributed by atoms with van der Waals surface area (Å²) in [5.74, 6) is -0.443. The molecule has 0 fully saturated rings. The van der Waals surface area contributed by atoms with Crippen LogP contribution in [0.5, 0.6) is 0 Å². The van der Waals surface area contributed by atoms with Crippen LogP contribution in [0.3, 0.4) is 0 Å². The van der Waals surface area contributed by atoms with Crippen LogP contribution in [0.1, 0.15) is 26.5 Å². The molecule has 1 aromatic heterocycles. The predicted molar refractivity (Wildman–Crippen MR) is 56.9 cm³/mol. The zero-order valence-corrected chi connectivity index (χ0v) is 9.11. The van der Waals surface area contributed by atoms with Crippen LogP contribution in [0.4, 0.5) is 5.82 Å². The standard InChI is InChI=1S/C10H15N3O2/c1-10(2,3)7-4-5-8(13-12-7)11-6-9(14)15/h4-5H,6H2,1-3H3,(H,11,13)(H,14,15). The van der Waals surface area contributed by atoms with Crippen LogP contribution >= 0.6 is 0 Å². The number of rotatable bonds is 3. The van der Waals surface area contributed by atoms with Crippen molar-refractivity contribution in [3.05, 3.63) is 17.8 Å². The van der Waals surface area contributed by atoms with Crippen LogP contribution in [0.15, 0.2) is 12.1 Å². The smallest absolute Gasteiger partial charge is 0.322 e. The first kappa shape index (κ1) is 11.4. The third-order valence-electron chi connectivity index (χ3n) is 1.85. The summed E-state index contributed by atoms with van der Waals surface area (Å²) >= 11 is 0. The fourth-order valence-electron chi connectivity index (χ4n) is 0.993. The van der Waals surface area contributed by atoms with Crippen LogP contribution in [0.25, 0.3) is 0 Å². The van der Waals surface area contributed by atoms with Gasteiger partial charge in [0.05, 0.1) is 5.69 Å². The molecule has 0 spiro atoms. The number of carboxylic acids is 1. The average Bonchev–Trinajstić information content (AvgIpc) is 2.14. The molecule has 0 unspecified atom stereocenters. The molecule has 1 rings (SSSR count). The minimum atomic E-state index is -0.920. The van der Waals surface area contributed by atoms with E-state index < -0.39 is 5.97 Å². The molecular formula is C10H15N3O2. The summed E-state index contributed by atoms with van der Waals surface area (Å²) in [7, 11) is 0. The maximum atomic E-state index is 10.3. The highest BCUT2D eigenvalue weighted by atomic mass is 16.4. The van der Waals surface area contributed by atoms with Gasteiger partial charge in [0.25, 0.3) is 0 Å². The van der Waals surface area contributed by atoms with E-state index in [4.69, 9.17) is 5.11 Å². The number of hydrogen-bond acceptors (Lipinski definition) is 4. The lowest BCUT2D eigenvalue weighted by atomic mass is 9.92. The van der Waals surface area contributed by atoms with Gasteiger partial charge >= 0.3 is 5.97 Å². The largest absolute Gasteiger partial charge is 0.480 e. The second kappa shape index (κ2) is 4.25. The van der Waals surface area contributed by atoms with Gasteiger partial charge in [-0.3, -0.25) is 4.79 Å². The van der Waals surface area contributed by atoms with Gasteiger partial charge in [-0.15, -0.1) is 5.10 Å². The molecule has 82 valence electrons. The van der Waals surface area contributed by atoms with Crippen molar-refractivity contribution in [2.45, 2.75) is 26.2 Å². The number of carboxylic acid groups (broad SMARTS) is 1. The molecule has 5 heteroatoms. The molecular weight excluding hydrogens is 194 g/mol. The van der Waals surface area contributed by atoms with Gasteiger partial charge in [-0.1, -0.05) is 20.8 Å². The summed E-state index contributed by atoms with van der Waals surface area (Å²) in [5, 5.41) is 19.0. The van der Waals surface area contributed by atoms with Gasteiger partial charge in [-0.2, -0.15) is 5.10 Å². The van der Waals surface area contributed by atoms with Gasteiger partial charge < -0.3 is 10.4 Å². The van der Waals surface area contributed by atoms with Gasteiger partial charge in [0, 0.05) is 5.41 Å². The molecule has 0 amide bonds. The van der Waals surface area contributed by atoms with E-state index in [9.17, 15) is 4.79 Å². The van der Waals surface area contributed by atoms with Crippen molar-refractivity contribution in [1.82, 2.24) is 10.2 Å². The Morgan fingerprint density at radius 1 is 1.40 bits per heavy atom. The first-order valence-corrected chi connectivity index (χ1v) is 4.69. The third kappa shape index (κ3) is 3.53. The van der Waals surface area contributed by atoms with E-state index in [1.165, 1.54) is 0 Å². The number of aliphatic carboxylic acids is 1. The Morgan fingerprint density at radius 3 is 2.47 bits per heavy atom. The number of nitrogens with zero attached hydrogens (tertiary/aromatic N) is 2. The van der Waals surface area contributed by atoms with E-state index in [0.29, 0.717) is 5.82 Å². The van der Waals surface area contributed by atoms with Crippen LogP contribution in [0.2, 0.25) is 0 Å². The molecule has 5 nitrogen and oxygen atoms in total. The number of aromatic nitrogens is 2. The highest BCUT2D eigenvalue weighted by Gasteiger charge is 2.15. The topological polar surface area (TPSA) is 75.1 Å². The molecule has 1 aromatic rings. The lowest BCUT2D eigenvalue weighted by molar-refractivity contribution is -0.134. The summed E-state index contributed by atoms with van der Waals surface area (Å²) in [5.41, 5.74) is 0.835. The van der Waals surface area contributed by atoms with Crippen molar-refractivity contribution in [3.63, 3.8) is 0 Å². The Kier molecular flexibility index (Phi) is 3.24. The fraction of sp³-hybridized carbons (Fsp3) is 0.500. The van der Waals surface area contributed by atoms with Crippen molar-refractivity contribution in [2.24, 2.45) is 0 Å². The van der Waals surface area contributed by atoms with Gasteiger partial charge in [0.2, 0.25) is 0 Å². The van der Waals surface area contributed by atoms with E-state index in [2.05, 4.69) is 15.5 Å². The summed E-state index contributed by atoms with van der Waals surface area (Å²) < 4.78 is 0. The second-order valence-electron chi connectivity index (χ2n) is 4.30. The van der Waals surface area contributed by atoms with Crippen molar-refractivity contribution < 1.29 is 9.90 Å². The molecule has 0 atom stereocenters. The van der Waals surface area contributed by atoms with E-state index in [1.54, 1.807) is 6.07 Å². The quantitative estimate of drug-likeness (QED) is 0.784. The molecule has 2 N–H and O–H groups in total. The maximum absolute atomic E-state index is 10.3. The van der Waals surface area contributed by atoms with E-state index in [-0.39, 0.29) is 12.0 Å². The summed E-state index contributed by atoms with van der Waals surface area (Å²) in [4.78, 5) is 10.3. The van der Waals surface area contributed by atoms with Crippen LogP contribution in [0, 0.1) is 0 Å². The van der Waals surface area contributed by atoms with Gasteiger partial charge in [-0.05, 0) is 12.1 Å². The lowest BCUT2D eigenvalue weighted by Crippen LogP contribution is -2.17. The highest BCUT2D eigenvalue weighted by molar-refractivity contribution is 5.72. The normalized spacial score (nSPS) is 11.1. The molecule has 0 radical (unpaired) electrons. The summed E-state index contributed by atoms with van der Waals surface area (Å²) in [6.45, 7) is 5.98. The Balaban J connectivity index is 2.69. The number of anilines is 1. The predicted octanol–water partition coefficient (Wildman–Crippen LogP) is 1.27. The highest BCUT2D eigenvalue weighted by Crippen LogP contribution is 2.19. The molecule has 0 saturated heterocycles. The molecule has 15 heavy (non-hydrogen) atoms. The monoisotopic (exact) mass is 209 g/mol. The average molecular weight is 209 g/mol. The molecule has 0 aromatic carbocycles. The van der Waals surface area contributed by atoms with E-state index in [0.717, 1.165) is 5.69 Å². The van der Waals surface area contributed by atoms with Crippen LogP contribution < -0.4 is 5.32 Å².